The van der Waals surface area contributed by atoms with Crippen LogP contribution in [-0.2, 0) is 14.8 Å². The summed E-state index contributed by atoms with van der Waals surface area (Å²) in [7, 11) is -2.51. The van der Waals surface area contributed by atoms with Crippen LogP contribution in [0.5, 0.6) is 0 Å². The summed E-state index contributed by atoms with van der Waals surface area (Å²) in [6.07, 6.45) is 0. The Kier molecular flexibility index (Phi) is 7.20. The SMILES string of the molecule is CN(CC(=O)N1CCN(C(=O)c2ccc(F)cc2Cl)CC1)S(=O)(=O)c1ccc(Cl)cc1. The van der Waals surface area contributed by atoms with E-state index in [2.05, 4.69) is 0 Å². The minimum atomic E-state index is -3.84. The van der Waals surface area contributed by atoms with Crippen molar-refractivity contribution in [2.24, 2.45) is 0 Å². The van der Waals surface area contributed by atoms with Gasteiger partial charge in [-0.25, -0.2) is 12.8 Å². The van der Waals surface area contributed by atoms with E-state index in [0.29, 0.717) is 5.02 Å². The molecular formula is C20H20Cl2FN3O4S. The van der Waals surface area contributed by atoms with E-state index in [9.17, 15) is 22.4 Å². The number of carbonyl (C=O) groups is 2. The Bertz CT molecular complexity index is 1090. The summed E-state index contributed by atoms with van der Waals surface area (Å²) in [6.45, 7) is 0.678. The second kappa shape index (κ2) is 9.52. The normalized spacial score (nSPS) is 14.7. The van der Waals surface area contributed by atoms with Crippen LogP contribution in [0.4, 0.5) is 4.39 Å². The van der Waals surface area contributed by atoms with Gasteiger partial charge in [0.1, 0.15) is 5.82 Å². The second-order valence-corrected chi connectivity index (χ2v) is 9.90. The Balaban J connectivity index is 1.58. The molecule has 0 aromatic heterocycles. The highest BCUT2D eigenvalue weighted by atomic mass is 35.5. The van der Waals surface area contributed by atoms with Crippen molar-refractivity contribution in [2.75, 3.05) is 39.8 Å². The van der Waals surface area contributed by atoms with Gasteiger partial charge in [0.25, 0.3) is 5.91 Å². The van der Waals surface area contributed by atoms with Crippen molar-refractivity contribution >= 4 is 45.0 Å². The highest BCUT2D eigenvalue weighted by molar-refractivity contribution is 7.89. The molecule has 0 bridgehead atoms. The smallest absolute Gasteiger partial charge is 0.255 e. The van der Waals surface area contributed by atoms with Crippen LogP contribution < -0.4 is 0 Å². The number of hydrogen-bond acceptors (Lipinski definition) is 4. The number of halogens is 3. The lowest BCUT2D eigenvalue weighted by Gasteiger charge is -2.35. The van der Waals surface area contributed by atoms with Crippen LogP contribution in [0.1, 0.15) is 10.4 Å². The van der Waals surface area contributed by atoms with Crippen LogP contribution in [0.25, 0.3) is 0 Å². The fourth-order valence-electron chi connectivity index (χ4n) is 3.15. The number of carbonyl (C=O) groups excluding carboxylic acids is 2. The molecule has 1 saturated heterocycles. The third-order valence-electron chi connectivity index (χ3n) is 4.96. The Morgan fingerprint density at radius 3 is 2.16 bits per heavy atom. The third-order valence-corrected chi connectivity index (χ3v) is 7.34. The third kappa shape index (κ3) is 5.35. The molecule has 0 radical (unpaired) electrons. The van der Waals surface area contributed by atoms with E-state index in [1.54, 1.807) is 0 Å². The molecule has 2 aromatic rings. The van der Waals surface area contributed by atoms with E-state index in [0.717, 1.165) is 16.4 Å². The standard InChI is InChI=1S/C20H20Cl2FN3O4S/c1-24(31(29,30)16-5-2-14(21)3-6-16)13-19(27)25-8-10-26(11-9-25)20(28)17-7-4-15(23)12-18(17)22/h2-7,12H,8-11,13H2,1H3. The predicted molar refractivity (Wildman–Crippen MR) is 115 cm³/mol. The monoisotopic (exact) mass is 487 g/mol. The van der Waals surface area contributed by atoms with Crippen molar-refractivity contribution in [1.82, 2.24) is 14.1 Å². The van der Waals surface area contributed by atoms with Crippen molar-refractivity contribution in [3.8, 4) is 0 Å². The number of rotatable bonds is 5. The molecule has 166 valence electrons. The van der Waals surface area contributed by atoms with Gasteiger partial charge in [-0.1, -0.05) is 23.2 Å². The van der Waals surface area contributed by atoms with Gasteiger partial charge in [0, 0.05) is 38.2 Å². The lowest BCUT2D eigenvalue weighted by Crippen LogP contribution is -2.52. The Labute approximate surface area is 190 Å². The summed E-state index contributed by atoms with van der Waals surface area (Å²) >= 11 is 11.8. The maximum atomic E-state index is 13.2. The topological polar surface area (TPSA) is 78.0 Å². The number of benzene rings is 2. The van der Waals surface area contributed by atoms with Gasteiger partial charge in [0.2, 0.25) is 15.9 Å². The molecule has 0 spiro atoms. The number of piperazine rings is 1. The van der Waals surface area contributed by atoms with E-state index in [-0.39, 0.29) is 60.0 Å². The first-order valence-corrected chi connectivity index (χ1v) is 11.5. The summed E-state index contributed by atoms with van der Waals surface area (Å²) in [4.78, 5) is 28.3. The first-order valence-electron chi connectivity index (χ1n) is 9.33. The summed E-state index contributed by atoms with van der Waals surface area (Å²) in [5.74, 6) is -1.25. The molecule has 1 aliphatic rings. The van der Waals surface area contributed by atoms with Crippen LogP contribution in [0.3, 0.4) is 0 Å². The summed E-state index contributed by atoms with van der Waals surface area (Å²) in [5, 5.41) is 0.435. The average molecular weight is 488 g/mol. The van der Waals surface area contributed by atoms with Gasteiger partial charge in [-0.2, -0.15) is 4.31 Å². The molecule has 11 heteroatoms. The highest BCUT2D eigenvalue weighted by Crippen LogP contribution is 2.21. The van der Waals surface area contributed by atoms with Gasteiger partial charge >= 0.3 is 0 Å². The van der Waals surface area contributed by atoms with Gasteiger partial charge < -0.3 is 9.80 Å². The maximum absolute atomic E-state index is 13.2. The Hall–Kier alpha value is -2.20. The number of amides is 2. The zero-order valence-electron chi connectivity index (χ0n) is 16.6. The molecule has 0 aliphatic carbocycles. The first-order chi connectivity index (χ1) is 14.6. The molecule has 0 unspecified atom stereocenters. The second-order valence-electron chi connectivity index (χ2n) is 7.01. The van der Waals surface area contributed by atoms with Crippen molar-refractivity contribution < 1.29 is 22.4 Å². The van der Waals surface area contributed by atoms with Crippen molar-refractivity contribution in [3.05, 3.63) is 63.9 Å². The van der Waals surface area contributed by atoms with Crippen LogP contribution in [0, 0.1) is 5.82 Å². The van der Waals surface area contributed by atoms with Crippen LogP contribution in [-0.4, -0.2) is 74.1 Å². The average Bonchev–Trinajstić information content (AvgIpc) is 2.73. The maximum Gasteiger partial charge on any atom is 0.255 e. The number of nitrogens with zero attached hydrogens (tertiary/aromatic N) is 3. The molecule has 0 atom stereocenters. The molecular weight excluding hydrogens is 468 g/mol. The summed E-state index contributed by atoms with van der Waals surface area (Å²) in [6, 6.07) is 9.25. The van der Waals surface area contributed by atoms with E-state index in [1.165, 1.54) is 47.2 Å². The molecule has 31 heavy (non-hydrogen) atoms. The molecule has 2 amide bonds. The molecule has 0 saturated carbocycles. The number of hydrogen-bond donors (Lipinski definition) is 0. The van der Waals surface area contributed by atoms with E-state index in [4.69, 9.17) is 23.2 Å². The Morgan fingerprint density at radius 1 is 1.00 bits per heavy atom. The van der Waals surface area contributed by atoms with Crippen molar-refractivity contribution in [2.45, 2.75) is 4.90 Å². The van der Waals surface area contributed by atoms with Gasteiger partial charge in [0.05, 0.1) is 22.0 Å². The molecule has 7 nitrogen and oxygen atoms in total. The van der Waals surface area contributed by atoms with Gasteiger partial charge in [-0.3, -0.25) is 9.59 Å². The van der Waals surface area contributed by atoms with Crippen molar-refractivity contribution in [3.63, 3.8) is 0 Å². The largest absolute Gasteiger partial charge is 0.338 e. The van der Waals surface area contributed by atoms with Gasteiger partial charge in [-0.15, -0.1) is 0 Å². The highest BCUT2D eigenvalue weighted by Gasteiger charge is 2.29. The summed E-state index contributed by atoms with van der Waals surface area (Å²) < 4.78 is 39.5. The Morgan fingerprint density at radius 2 is 1.58 bits per heavy atom. The fourth-order valence-corrected chi connectivity index (χ4v) is 4.65. The molecule has 1 heterocycles. The lowest BCUT2D eigenvalue weighted by atomic mass is 10.1. The predicted octanol–water partition coefficient (Wildman–Crippen LogP) is 2.74. The minimum absolute atomic E-state index is 0.0255. The number of sulfonamides is 1. The van der Waals surface area contributed by atoms with E-state index < -0.39 is 15.8 Å². The van der Waals surface area contributed by atoms with Crippen molar-refractivity contribution in [1.29, 1.82) is 0 Å². The zero-order chi connectivity index (χ0) is 22.8. The van der Waals surface area contributed by atoms with Gasteiger partial charge in [0.15, 0.2) is 0 Å². The fraction of sp³-hybridized carbons (Fsp3) is 0.300. The zero-order valence-corrected chi connectivity index (χ0v) is 18.9. The van der Waals surface area contributed by atoms with Crippen LogP contribution >= 0.6 is 23.2 Å². The van der Waals surface area contributed by atoms with Crippen LogP contribution in [0.2, 0.25) is 10.0 Å². The molecule has 0 N–H and O–H groups in total. The minimum Gasteiger partial charge on any atom is -0.338 e. The first kappa shape index (κ1) is 23.5. The lowest BCUT2D eigenvalue weighted by molar-refractivity contribution is -0.132. The molecule has 1 aliphatic heterocycles. The quantitative estimate of drug-likeness (QED) is 0.649. The molecule has 3 rings (SSSR count). The molecule has 2 aromatic carbocycles. The number of likely N-dealkylation sites (N-methyl/N-ethyl adjacent to an activating group) is 1. The summed E-state index contributed by atoms with van der Waals surface area (Å²) in [5.41, 5.74) is 0.191. The van der Waals surface area contributed by atoms with Crippen LogP contribution in [0.15, 0.2) is 47.4 Å². The van der Waals surface area contributed by atoms with E-state index in [1.807, 2.05) is 0 Å². The van der Waals surface area contributed by atoms with E-state index >= 15 is 0 Å². The van der Waals surface area contributed by atoms with Gasteiger partial charge in [-0.05, 0) is 42.5 Å². The molecule has 1 fully saturated rings.